The van der Waals surface area contributed by atoms with Gasteiger partial charge in [0, 0.05) is 18.2 Å². The number of fused-ring (bicyclic) bond motifs is 1. The zero-order chi connectivity index (χ0) is 27.1. The van der Waals surface area contributed by atoms with Crippen molar-refractivity contribution < 1.29 is 23.4 Å². The van der Waals surface area contributed by atoms with E-state index in [9.17, 15) is 0 Å². The van der Waals surface area contributed by atoms with Crippen LogP contribution in [-0.2, 0) is 10.8 Å². The monoisotopic (exact) mass is 505 g/mol. The summed E-state index contributed by atoms with van der Waals surface area (Å²) in [4.78, 5) is 0. The normalized spacial score (nSPS) is 15.5. The van der Waals surface area contributed by atoms with Crippen LogP contribution in [0.1, 0.15) is 68.6 Å². The SMILES string of the molecule is C=C(Nc1c(OC)cc(OC)cc1OC)c1ccc(Oc2c(C)cc3c(c2C)C(C)(C)CCC3(C)C)o1. The van der Waals surface area contributed by atoms with Gasteiger partial charge in [0.25, 0.3) is 5.95 Å². The van der Waals surface area contributed by atoms with Crippen molar-refractivity contribution in [3.63, 3.8) is 0 Å². The maximum absolute atomic E-state index is 6.37. The van der Waals surface area contributed by atoms with Gasteiger partial charge in [-0.25, -0.2) is 0 Å². The van der Waals surface area contributed by atoms with Crippen molar-refractivity contribution in [1.29, 1.82) is 0 Å². The second-order valence-electron chi connectivity index (χ2n) is 11.1. The Balaban J connectivity index is 1.62. The van der Waals surface area contributed by atoms with Gasteiger partial charge in [-0.2, -0.15) is 0 Å². The van der Waals surface area contributed by atoms with E-state index in [2.05, 4.69) is 59.5 Å². The van der Waals surface area contributed by atoms with Gasteiger partial charge in [0.1, 0.15) is 28.7 Å². The lowest BCUT2D eigenvalue weighted by Gasteiger charge is -2.43. The number of aryl methyl sites for hydroxylation is 1. The molecule has 198 valence electrons. The zero-order valence-corrected chi connectivity index (χ0v) is 23.5. The first-order valence-corrected chi connectivity index (χ1v) is 12.6. The highest BCUT2D eigenvalue weighted by Gasteiger charge is 2.39. The first kappa shape index (κ1) is 26.5. The van der Waals surface area contributed by atoms with Crippen LogP contribution in [0.5, 0.6) is 28.9 Å². The highest BCUT2D eigenvalue weighted by molar-refractivity contribution is 5.81. The van der Waals surface area contributed by atoms with Crippen LogP contribution in [0, 0.1) is 13.8 Å². The molecule has 6 heteroatoms. The standard InChI is InChI=1S/C31H39NO5/c1-18-15-22-27(31(6,7)14-13-30(22,4)5)19(2)29(18)37-26-12-11-23(36-26)20(3)32-28-24(34-9)16-21(33-8)17-25(28)35-10/h11-12,15-17,32H,3,13-14H2,1-2,4-10H3. The first-order valence-electron chi connectivity index (χ1n) is 12.6. The van der Waals surface area contributed by atoms with Gasteiger partial charge in [-0.05, 0) is 65.8 Å². The molecule has 1 aromatic heterocycles. The van der Waals surface area contributed by atoms with Crippen molar-refractivity contribution in [1.82, 2.24) is 0 Å². The van der Waals surface area contributed by atoms with E-state index in [4.69, 9.17) is 23.4 Å². The van der Waals surface area contributed by atoms with Gasteiger partial charge in [-0.3, -0.25) is 0 Å². The van der Waals surface area contributed by atoms with E-state index in [-0.39, 0.29) is 10.8 Å². The third-order valence-corrected chi connectivity index (χ3v) is 7.56. The van der Waals surface area contributed by atoms with E-state index in [1.54, 1.807) is 33.5 Å². The molecule has 0 aliphatic heterocycles. The number of hydrogen-bond donors (Lipinski definition) is 1. The number of ether oxygens (including phenoxy) is 4. The Morgan fingerprint density at radius 3 is 2.11 bits per heavy atom. The Morgan fingerprint density at radius 2 is 1.51 bits per heavy atom. The average molecular weight is 506 g/mol. The molecule has 6 nitrogen and oxygen atoms in total. The minimum Gasteiger partial charge on any atom is -0.496 e. The fraction of sp³-hybridized carbons (Fsp3) is 0.419. The van der Waals surface area contributed by atoms with E-state index in [0.717, 1.165) is 17.7 Å². The van der Waals surface area contributed by atoms with Crippen molar-refractivity contribution in [2.24, 2.45) is 0 Å². The van der Waals surface area contributed by atoms with Crippen molar-refractivity contribution in [3.05, 3.63) is 64.9 Å². The molecule has 0 spiro atoms. The molecule has 0 bridgehead atoms. The van der Waals surface area contributed by atoms with Crippen LogP contribution >= 0.6 is 0 Å². The number of furan rings is 1. The molecule has 0 amide bonds. The molecule has 0 radical (unpaired) electrons. The Labute approximate surface area is 220 Å². The van der Waals surface area contributed by atoms with Gasteiger partial charge < -0.3 is 28.7 Å². The van der Waals surface area contributed by atoms with E-state index in [1.165, 1.54) is 23.1 Å². The van der Waals surface area contributed by atoms with Gasteiger partial charge in [0.15, 0.2) is 5.76 Å². The lowest BCUT2D eigenvalue weighted by atomic mass is 9.61. The number of methoxy groups -OCH3 is 3. The predicted octanol–water partition coefficient (Wildman–Crippen LogP) is 8.15. The van der Waals surface area contributed by atoms with Gasteiger partial charge in [0.2, 0.25) is 0 Å². The van der Waals surface area contributed by atoms with Crippen molar-refractivity contribution in [2.45, 2.75) is 65.2 Å². The summed E-state index contributed by atoms with van der Waals surface area (Å²) in [5, 5.41) is 3.26. The van der Waals surface area contributed by atoms with Gasteiger partial charge in [0.05, 0.1) is 27.0 Å². The molecular weight excluding hydrogens is 466 g/mol. The maximum Gasteiger partial charge on any atom is 0.290 e. The van der Waals surface area contributed by atoms with E-state index in [1.807, 2.05) is 12.1 Å². The molecule has 4 rings (SSSR count). The van der Waals surface area contributed by atoms with Crippen molar-refractivity contribution >= 4 is 11.4 Å². The highest BCUT2D eigenvalue weighted by atomic mass is 16.6. The Kier molecular flexibility index (Phi) is 6.97. The fourth-order valence-electron chi connectivity index (χ4n) is 5.39. The molecule has 0 unspecified atom stereocenters. The van der Waals surface area contributed by atoms with Gasteiger partial charge >= 0.3 is 0 Å². The molecule has 1 aliphatic rings. The third kappa shape index (κ3) is 4.89. The topological polar surface area (TPSA) is 62.1 Å². The number of benzene rings is 2. The van der Waals surface area contributed by atoms with Gasteiger partial charge in [-0.1, -0.05) is 40.3 Å². The van der Waals surface area contributed by atoms with Crippen LogP contribution in [-0.4, -0.2) is 21.3 Å². The van der Waals surface area contributed by atoms with Gasteiger partial charge in [-0.15, -0.1) is 0 Å². The number of hydrogen-bond acceptors (Lipinski definition) is 6. The summed E-state index contributed by atoms with van der Waals surface area (Å²) in [7, 11) is 4.78. The average Bonchev–Trinajstić information content (AvgIpc) is 3.33. The van der Waals surface area contributed by atoms with E-state index < -0.39 is 0 Å². The second kappa shape index (κ2) is 9.73. The molecule has 0 atom stereocenters. The van der Waals surface area contributed by atoms with Crippen molar-refractivity contribution in [3.8, 4) is 28.9 Å². The maximum atomic E-state index is 6.37. The molecule has 0 fully saturated rings. The second-order valence-corrected chi connectivity index (χ2v) is 11.1. The molecule has 37 heavy (non-hydrogen) atoms. The minimum absolute atomic E-state index is 0.0871. The number of rotatable bonds is 8. The quantitative estimate of drug-likeness (QED) is 0.333. The summed E-state index contributed by atoms with van der Waals surface area (Å²) in [6.45, 7) is 17.8. The Morgan fingerprint density at radius 1 is 0.892 bits per heavy atom. The van der Waals surface area contributed by atoms with Crippen LogP contribution in [0.3, 0.4) is 0 Å². The molecule has 1 aliphatic carbocycles. The Hall–Kier alpha value is -3.54. The van der Waals surface area contributed by atoms with Crippen LogP contribution in [0.15, 0.2) is 41.3 Å². The first-order chi connectivity index (χ1) is 17.4. The fourth-order valence-corrected chi connectivity index (χ4v) is 5.39. The lowest BCUT2D eigenvalue weighted by molar-refractivity contribution is 0.319. The minimum atomic E-state index is 0.0871. The largest absolute Gasteiger partial charge is 0.496 e. The van der Waals surface area contributed by atoms with Crippen LogP contribution in [0.2, 0.25) is 0 Å². The summed E-state index contributed by atoms with van der Waals surface area (Å²) in [6, 6.07) is 9.50. The van der Waals surface area contributed by atoms with E-state index >= 15 is 0 Å². The van der Waals surface area contributed by atoms with Crippen LogP contribution in [0.25, 0.3) is 5.70 Å². The summed E-state index contributed by atoms with van der Waals surface area (Å²) >= 11 is 0. The molecular formula is C31H39NO5. The summed E-state index contributed by atoms with van der Waals surface area (Å²) in [5.74, 6) is 3.55. The van der Waals surface area contributed by atoms with E-state index in [0.29, 0.717) is 40.3 Å². The highest BCUT2D eigenvalue weighted by Crippen LogP contribution is 2.50. The molecule has 2 aromatic carbocycles. The molecule has 0 saturated heterocycles. The zero-order valence-electron chi connectivity index (χ0n) is 23.5. The molecule has 3 aromatic rings. The van der Waals surface area contributed by atoms with Crippen molar-refractivity contribution in [2.75, 3.05) is 26.6 Å². The third-order valence-electron chi connectivity index (χ3n) is 7.56. The summed E-state index contributed by atoms with van der Waals surface area (Å²) in [6.07, 6.45) is 2.32. The van der Waals surface area contributed by atoms with Crippen LogP contribution in [0.4, 0.5) is 5.69 Å². The molecule has 1 heterocycles. The molecule has 1 N–H and O–H groups in total. The predicted molar refractivity (Wildman–Crippen MR) is 149 cm³/mol. The number of anilines is 1. The summed E-state index contributed by atoms with van der Waals surface area (Å²) < 4.78 is 28.8. The summed E-state index contributed by atoms with van der Waals surface area (Å²) in [5.41, 5.74) is 6.49. The lowest BCUT2D eigenvalue weighted by Crippen LogP contribution is -2.35. The number of nitrogens with one attached hydrogen (secondary N) is 1. The van der Waals surface area contributed by atoms with Crippen LogP contribution < -0.4 is 24.3 Å². The smallest absolute Gasteiger partial charge is 0.290 e. The Bertz CT molecular complexity index is 1310. The molecule has 0 saturated carbocycles.